The molecule has 174 valence electrons. The van der Waals surface area contributed by atoms with Gasteiger partial charge in [0.25, 0.3) is 0 Å². The van der Waals surface area contributed by atoms with Crippen molar-refractivity contribution in [3.05, 3.63) is 70.9 Å². The molecule has 34 heavy (non-hydrogen) atoms. The molecule has 1 heterocycles. The fraction of sp³-hybridized carbons (Fsp3) is 0.357. The number of allylic oxidation sites excluding steroid dienone is 1. The fourth-order valence-corrected chi connectivity index (χ4v) is 4.88. The van der Waals surface area contributed by atoms with Gasteiger partial charge in [-0.3, -0.25) is 0 Å². The van der Waals surface area contributed by atoms with Crippen LogP contribution in [0.3, 0.4) is 0 Å². The molecule has 0 bridgehead atoms. The predicted molar refractivity (Wildman–Crippen MR) is 140 cm³/mol. The van der Waals surface area contributed by atoms with E-state index in [1.165, 1.54) is 61.9 Å². The van der Waals surface area contributed by atoms with Crippen molar-refractivity contribution in [2.24, 2.45) is 10.2 Å². The molecule has 0 aliphatic carbocycles. The first kappa shape index (κ1) is 25.3. The predicted octanol–water partition coefficient (Wildman–Crippen LogP) is 8.75. The third-order valence-corrected chi connectivity index (χ3v) is 6.76. The smallest absolute Gasteiger partial charge is 0.130 e. The van der Waals surface area contributed by atoms with E-state index in [1.807, 2.05) is 42.6 Å². The van der Waals surface area contributed by atoms with Crippen molar-refractivity contribution < 1.29 is 0 Å². The summed E-state index contributed by atoms with van der Waals surface area (Å²) >= 11 is 1.74. The first-order valence-electron chi connectivity index (χ1n) is 12.0. The van der Waals surface area contributed by atoms with Crippen LogP contribution in [-0.2, 0) is 0 Å². The molecule has 2 aromatic carbocycles. The SMILES string of the molecule is CCCCCCCCCCN1/C(=C/N=Nc2ccc(C=C(C#N)C#N)cc2)Sc2ccccc21. The molecular weight excluding hydrogens is 438 g/mol. The van der Waals surface area contributed by atoms with E-state index in [2.05, 4.69) is 46.3 Å². The molecule has 0 unspecified atom stereocenters. The third kappa shape index (κ3) is 7.61. The summed E-state index contributed by atoms with van der Waals surface area (Å²) in [5.74, 6) is 0. The minimum atomic E-state index is 0.0773. The highest BCUT2D eigenvalue weighted by atomic mass is 32.2. The molecule has 3 rings (SSSR count). The van der Waals surface area contributed by atoms with Gasteiger partial charge in [0.1, 0.15) is 22.7 Å². The van der Waals surface area contributed by atoms with Crippen LogP contribution in [0.2, 0.25) is 0 Å². The van der Waals surface area contributed by atoms with Gasteiger partial charge in [-0.15, -0.1) is 0 Å². The molecule has 0 N–H and O–H groups in total. The van der Waals surface area contributed by atoms with E-state index in [0.29, 0.717) is 0 Å². The molecule has 1 aliphatic rings. The lowest BCUT2D eigenvalue weighted by Crippen LogP contribution is -2.18. The normalized spacial score (nSPS) is 13.6. The Balaban J connectivity index is 1.59. The van der Waals surface area contributed by atoms with Gasteiger partial charge in [-0.05, 0) is 42.3 Å². The molecule has 0 atom stereocenters. The minimum Gasteiger partial charge on any atom is -0.334 e. The molecule has 0 fully saturated rings. The first-order chi connectivity index (χ1) is 16.7. The summed E-state index contributed by atoms with van der Waals surface area (Å²) < 4.78 is 0. The average Bonchev–Trinajstić information content (AvgIpc) is 3.22. The lowest BCUT2D eigenvalue weighted by molar-refractivity contribution is 0.576. The van der Waals surface area contributed by atoms with E-state index in [9.17, 15) is 0 Å². The Kier molecular flexibility index (Phi) is 10.4. The maximum Gasteiger partial charge on any atom is 0.130 e. The molecule has 6 heteroatoms. The standard InChI is InChI=1S/C28H31N5S/c1-2-3-4-5-6-7-8-11-18-33-26-12-9-10-13-27(26)34-28(33)22-31-32-25-16-14-23(15-17-25)19-24(20-29)21-30/h9-10,12-17,19,22H,2-8,11,18H2,1H3/b28-22-,32-31?. The fourth-order valence-electron chi connectivity index (χ4n) is 3.82. The third-order valence-electron chi connectivity index (χ3n) is 5.66. The number of unbranched alkanes of at least 4 members (excludes halogenated alkanes) is 7. The van der Waals surface area contributed by atoms with Crippen molar-refractivity contribution >= 4 is 29.2 Å². The number of para-hydroxylation sites is 1. The monoisotopic (exact) mass is 469 g/mol. The topological polar surface area (TPSA) is 75.5 Å². The van der Waals surface area contributed by atoms with E-state index < -0.39 is 0 Å². The molecule has 5 nitrogen and oxygen atoms in total. The van der Waals surface area contributed by atoms with Gasteiger partial charge in [-0.1, -0.05) is 87.9 Å². The van der Waals surface area contributed by atoms with Crippen LogP contribution in [0, 0.1) is 22.7 Å². The van der Waals surface area contributed by atoms with Crippen molar-refractivity contribution in [3.8, 4) is 12.1 Å². The Morgan fingerprint density at radius 2 is 1.59 bits per heavy atom. The maximum atomic E-state index is 8.88. The van der Waals surface area contributed by atoms with E-state index in [0.717, 1.165) is 22.8 Å². The first-order valence-corrected chi connectivity index (χ1v) is 12.8. The Bertz CT molecular complexity index is 1090. The van der Waals surface area contributed by atoms with E-state index >= 15 is 0 Å². The summed E-state index contributed by atoms with van der Waals surface area (Å²) in [6, 6.07) is 19.5. The van der Waals surface area contributed by atoms with Crippen LogP contribution in [-0.4, -0.2) is 6.54 Å². The number of anilines is 1. The number of nitriles is 2. The van der Waals surface area contributed by atoms with Crippen molar-refractivity contribution in [2.45, 2.75) is 63.2 Å². The number of rotatable bonds is 12. The van der Waals surface area contributed by atoms with Crippen molar-refractivity contribution in [3.63, 3.8) is 0 Å². The second kappa shape index (κ2) is 14.0. The zero-order valence-electron chi connectivity index (χ0n) is 19.8. The van der Waals surface area contributed by atoms with Gasteiger partial charge in [-0.2, -0.15) is 20.8 Å². The van der Waals surface area contributed by atoms with Gasteiger partial charge in [0.15, 0.2) is 0 Å². The summed E-state index contributed by atoms with van der Waals surface area (Å²) in [6.07, 6.45) is 13.8. The molecule has 2 aromatic rings. The highest BCUT2D eigenvalue weighted by Crippen LogP contribution is 2.45. The van der Waals surface area contributed by atoms with Gasteiger partial charge in [0.2, 0.25) is 0 Å². The summed E-state index contributed by atoms with van der Waals surface area (Å²) in [5.41, 5.74) is 2.83. The van der Waals surface area contributed by atoms with E-state index in [-0.39, 0.29) is 5.57 Å². The van der Waals surface area contributed by atoms with Crippen LogP contribution in [0.1, 0.15) is 63.9 Å². The summed E-state index contributed by atoms with van der Waals surface area (Å²) in [4.78, 5) is 3.61. The number of nitrogens with zero attached hydrogens (tertiary/aromatic N) is 5. The zero-order chi connectivity index (χ0) is 24.0. The lowest BCUT2D eigenvalue weighted by Gasteiger charge is -2.19. The Labute approximate surface area is 207 Å². The van der Waals surface area contributed by atoms with Crippen molar-refractivity contribution in [1.29, 1.82) is 10.5 Å². The number of benzene rings is 2. The largest absolute Gasteiger partial charge is 0.334 e. The minimum absolute atomic E-state index is 0.0773. The van der Waals surface area contributed by atoms with Crippen LogP contribution in [0.15, 0.2) is 80.5 Å². The van der Waals surface area contributed by atoms with Gasteiger partial charge in [-0.25, -0.2) is 0 Å². The van der Waals surface area contributed by atoms with Crippen LogP contribution in [0.25, 0.3) is 6.08 Å². The average molecular weight is 470 g/mol. The number of hydrogen-bond donors (Lipinski definition) is 0. The second-order valence-corrected chi connectivity index (χ2v) is 9.31. The highest BCUT2D eigenvalue weighted by Gasteiger charge is 2.24. The molecular formula is C28H31N5S. The van der Waals surface area contributed by atoms with E-state index in [4.69, 9.17) is 10.5 Å². The van der Waals surface area contributed by atoms with Gasteiger partial charge in [0, 0.05) is 11.4 Å². The molecule has 0 aromatic heterocycles. The van der Waals surface area contributed by atoms with Crippen LogP contribution < -0.4 is 4.90 Å². The second-order valence-electron chi connectivity index (χ2n) is 8.25. The lowest BCUT2D eigenvalue weighted by atomic mass is 10.1. The number of fused-ring (bicyclic) bond motifs is 1. The molecule has 1 aliphatic heterocycles. The molecule has 0 amide bonds. The summed E-state index contributed by atoms with van der Waals surface area (Å²) in [7, 11) is 0. The Morgan fingerprint density at radius 3 is 2.29 bits per heavy atom. The molecule has 0 saturated carbocycles. The quantitative estimate of drug-likeness (QED) is 0.177. The van der Waals surface area contributed by atoms with Gasteiger partial charge in [0.05, 0.1) is 17.6 Å². The van der Waals surface area contributed by atoms with E-state index in [1.54, 1.807) is 17.8 Å². The Hall–Kier alpha value is -3.35. The molecule has 0 spiro atoms. The van der Waals surface area contributed by atoms with Gasteiger partial charge < -0.3 is 4.90 Å². The highest BCUT2D eigenvalue weighted by molar-refractivity contribution is 8.03. The summed E-state index contributed by atoms with van der Waals surface area (Å²) in [6.45, 7) is 3.25. The maximum absolute atomic E-state index is 8.88. The number of thioether (sulfide) groups is 1. The zero-order valence-corrected chi connectivity index (χ0v) is 20.6. The van der Waals surface area contributed by atoms with Crippen LogP contribution >= 0.6 is 11.8 Å². The molecule has 0 radical (unpaired) electrons. The Morgan fingerprint density at radius 1 is 0.912 bits per heavy atom. The number of azo groups is 1. The van der Waals surface area contributed by atoms with Crippen LogP contribution in [0.4, 0.5) is 11.4 Å². The van der Waals surface area contributed by atoms with Gasteiger partial charge >= 0.3 is 0 Å². The van der Waals surface area contributed by atoms with Crippen molar-refractivity contribution in [1.82, 2.24) is 0 Å². The van der Waals surface area contributed by atoms with Crippen LogP contribution in [0.5, 0.6) is 0 Å². The molecule has 0 saturated heterocycles. The summed E-state index contributed by atoms with van der Waals surface area (Å²) in [5, 5.41) is 27.5. The van der Waals surface area contributed by atoms with Crippen molar-refractivity contribution in [2.75, 3.05) is 11.4 Å². The number of hydrogen-bond acceptors (Lipinski definition) is 6.